The highest BCUT2D eigenvalue weighted by Gasteiger charge is 2.37. The second-order valence-corrected chi connectivity index (χ2v) is 7.12. The Bertz CT molecular complexity index is 608. The van der Waals surface area contributed by atoms with Gasteiger partial charge in [0.1, 0.15) is 9.77 Å². The number of hydrogen-bond donors (Lipinski definition) is 2. The van der Waals surface area contributed by atoms with Gasteiger partial charge in [-0.15, -0.1) is 11.3 Å². The molecule has 1 fully saturated rings. The highest BCUT2D eigenvalue weighted by Crippen LogP contribution is 2.31. The van der Waals surface area contributed by atoms with E-state index in [0.717, 1.165) is 15.6 Å². The molecule has 9 heteroatoms. The molecule has 1 aromatic heterocycles. The average Bonchev–Trinajstić information content (AvgIpc) is 2.81. The fourth-order valence-electron chi connectivity index (χ4n) is 2.12. The molecule has 1 aliphatic heterocycles. The molecule has 20 heavy (non-hydrogen) atoms. The molecule has 0 radical (unpaired) electrons. The Balaban J connectivity index is 2.49. The zero-order valence-corrected chi connectivity index (χ0v) is 12.4. The van der Waals surface area contributed by atoms with E-state index < -0.39 is 22.0 Å². The third-order valence-corrected chi connectivity index (χ3v) is 6.42. The second-order valence-electron chi connectivity index (χ2n) is 4.41. The van der Waals surface area contributed by atoms with Crippen LogP contribution in [-0.2, 0) is 14.8 Å². The molecular formula is C11H15NO6S2. The summed E-state index contributed by atoms with van der Waals surface area (Å²) in [4.78, 5) is 10.8. The van der Waals surface area contributed by atoms with Gasteiger partial charge in [-0.2, -0.15) is 4.31 Å². The molecular weight excluding hydrogens is 306 g/mol. The van der Waals surface area contributed by atoms with Gasteiger partial charge in [0.05, 0.1) is 25.9 Å². The largest absolute Gasteiger partial charge is 0.477 e. The molecule has 0 aliphatic carbocycles. The van der Waals surface area contributed by atoms with E-state index in [0.29, 0.717) is 5.56 Å². The van der Waals surface area contributed by atoms with E-state index in [1.807, 2.05) is 0 Å². The van der Waals surface area contributed by atoms with Crippen LogP contribution in [0.1, 0.15) is 15.2 Å². The smallest absolute Gasteiger partial charge is 0.347 e. The fourth-order valence-corrected chi connectivity index (χ4v) is 5.29. The fraction of sp³-hybridized carbons (Fsp3) is 0.545. The molecule has 2 rings (SSSR count). The molecule has 7 nitrogen and oxygen atoms in total. The number of aliphatic hydroxyl groups excluding tert-OH is 1. The number of carboxylic acid groups (broad SMARTS) is 1. The van der Waals surface area contributed by atoms with E-state index in [4.69, 9.17) is 9.84 Å². The normalized spacial score (nSPS) is 21.0. The van der Waals surface area contributed by atoms with Crippen LogP contribution < -0.4 is 0 Å². The van der Waals surface area contributed by atoms with Gasteiger partial charge in [0.15, 0.2) is 0 Å². The maximum absolute atomic E-state index is 12.7. The van der Waals surface area contributed by atoms with Crippen molar-refractivity contribution in [1.82, 2.24) is 4.31 Å². The number of morpholine rings is 1. The molecule has 1 saturated heterocycles. The molecule has 1 aliphatic rings. The molecule has 112 valence electrons. The molecule has 0 bridgehead atoms. The van der Waals surface area contributed by atoms with Crippen molar-refractivity contribution in [3.63, 3.8) is 0 Å². The van der Waals surface area contributed by atoms with Crippen molar-refractivity contribution in [3.05, 3.63) is 15.8 Å². The number of rotatable bonds is 4. The second kappa shape index (κ2) is 5.78. The van der Waals surface area contributed by atoms with Gasteiger partial charge in [-0.05, 0) is 17.9 Å². The minimum atomic E-state index is -3.96. The minimum absolute atomic E-state index is 0.0985. The van der Waals surface area contributed by atoms with Crippen molar-refractivity contribution in [2.45, 2.75) is 17.9 Å². The van der Waals surface area contributed by atoms with Crippen LogP contribution >= 0.6 is 11.3 Å². The summed E-state index contributed by atoms with van der Waals surface area (Å²) in [6.45, 7) is 1.61. The summed E-state index contributed by atoms with van der Waals surface area (Å²) < 4.78 is 31.6. The first-order valence-electron chi connectivity index (χ1n) is 5.91. The van der Waals surface area contributed by atoms with Crippen LogP contribution in [0.2, 0.25) is 0 Å². The van der Waals surface area contributed by atoms with Crippen LogP contribution in [0, 0.1) is 6.92 Å². The molecule has 2 N–H and O–H groups in total. The first kappa shape index (κ1) is 15.4. The third-order valence-electron chi connectivity index (χ3n) is 3.06. The van der Waals surface area contributed by atoms with Gasteiger partial charge in [-0.3, -0.25) is 0 Å². The van der Waals surface area contributed by atoms with Crippen molar-refractivity contribution in [2.75, 3.05) is 26.4 Å². The number of thiophene rings is 1. The number of aliphatic hydroxyl groups is 1. The quantitative estimate of drug-likeness (QED) is 0.817. The van der Waals surface area contributed by atoms with Crippen molar-refractivity contribution in [1.29, 1.82) is 0 Å². The molecule has 2 heterocycles. The van der Waals surface area contributed by atoms with Crippen LogP contribution in [-0.4, -0.2) is 61.3 Å². The van der Waals surface area contributed by atoms with E-state index in [1.54, 1.807) is 6.92 Å². The molecule has 0 spiro atoms. The first-order chi connectivity index (χ1) is 9.39. The molecule has 1 aromatic rings. The van der Waals surface area contributed by atoms with Crippen molar-refractivity contribution in [3.8, 4) is 0 Å². The van der Waals surface area contributed by atoms with Gasteiger partial charge in [-0.25, -0.2) is 13.2 Å². The van der Waals surface area contributed by atoms with Gasteiger partial charge in [-0.1, -0.05) is 0 Å². The molecule has 0 amide bonds. The SMILES string of the molecule is Cc1csc(C(=O)O)c1S(=O)(=O)N1CCOCC1CO. The van der Waals surface area contributed by atoms with Gasteiger partial charge in [0.25, 0.3) is 0 Å². The van der Waals surface area contributed by atoms with E-state index in [-0.39, 0.29) is 36.1 Å². The Morgan fingerprint density at radius 1 is 1.60 bits per heavy atom. The molecule has 0 saturated carbocycles. The number of nitrogens with zero attached hydrogens (tertiary/aromatic N) is 1. The number of carboxylic acids is 1. The Morgan fingerprint density at radius 2 is 2.30 bits per heavy atom. The number of aryl methyl sites for hydroxylation is 1. The predicted octanol–water partition coefficient (Wildman–Crippen LogP) is 0.137. The summed E-state index contributed by atoms with van der Waals surface area (Å²) in [5.41, 5.74) is 0.399. The highest BCUT2D eigenvalue weighted by atomic mass is 32.2. The Hall–Kier alpha value is -1.00. The zero-order chi connectivity index (χ0) is 14.9. The summed E-state index contributed by atoms with van der Waals surface area (Å²) in [7, 11) is -3.96. The van der Waals surface area contributed by atoms with E-state index in [2.05, 4.69) is 0 Å². The summed E-state index contributed by atoms with van der Waals surface area (Å²) in [5.74, 6) is -1.27. The first-order valence-corrected chi connectivity index (χ1v) is 8.23. The monoisotopic (exact) mass is 321 g/mol. The van der Waals surface area contributed by atoms with Crippen LogP contribution in [0.25, 0.3) is 0 Å². The lowest BCUT2D eigenvalue weighted by molar-refractivity contribution is 0.0109. The number of sulfonamides is 1. The van der Waals surface area contributed by atoms with Crippen molar-refractivity contribution >= 4 is 27.3 Å². The summed E-state index contributed by atoms with van der Waals surface area (Å²) in [6.07, 6.45) is 0. The summed E-state index contributed by atoms with van der Waals surface area (Å²) in [5, 5.41) is 19.9. The average molecular weight is 321 g/mol. The lowest BCUT2D eigenvalue weighted by Crippen LogP contribution is -2.50. The zero-order valence-electron chi connectivity index (χ0n) is 10.8. The number of hydrogen-bond acceptors (Lipinski definition) is 6. The lowest BCUT2D eigenvalue weighted by Gasteiger charge is -2.33. The van der Waals surface area contributed by atoms with Crippen LogP contribution in [0.5, 0.6) is 0 Å². The Morgan fingerprint density at radius 3 is 2.90 bits per heavy atom. The Kier molecular flexibility index (Phi) is 4.45. The maximum atomic E-state index is 12.7. The number of ether oxygens (including phenoxy) is 1. The summed E-state index contributed by atoms with van der Waals surface area (Å²) in [6, 6.07) is -0.685. The molecule has 0 aromatic carbocycles. The maximum Gasteiger partial charge on any atom is 0.347 e. The van der Waals surface area contributed by atoms with Gasteiger partial charge in [0, 0.05) is 6.54 Å². The number of carbonyl (C=O) groups is 1. The van der Waals surface area contributed by atoms with Crippen molar-refractivity contribution < 1.29 is 28.2 Å². The van der Waals surface area contributed by atoms with Crippen LogP contribution in [0.15, 0.2) is 10.3 Å². The van der Waals surface area contributed by atoms with Gasteiger partial charge < -0.3 is 14.9 Å². The predicted molar refractivity (Wildman–Crippen MR) is 71.6 cm³/mol. The van der Waals surface area contributed by atoms with Gasteiger partial charge in [0.2, 0.25) is 10.0 Å². The topological polar surface area (TPSA) is 104 Å². The van der Waals surface area contributed by atoms with E-state index in [1.165, 1.54) is 5.38 Å². The molecule has 1 atom stereocenters. The standard InChI is InChI=1S/C11H15NO6S2/c1-7-6-19-9(11(14)15)10(7)20(16,17)12-2-3-18-5-8(12)4-13/h6,8,13H,2-5H2,1H3,(H,14,15). The van der Waals surface area contributed by atoms with Crippen LogP contribution in [0.4, 0.5) is 0 Å². The number of aromatic carboxylic acids is 1. The van der Waals surface area contributed by atoms with E-state index in [9.17, 15) is 18.3 Å². The molecule has 1 unspecified atom stereocenters. The van der Waals surface area contributed by atoms with Crippen LogP contribution in [0.3, 0.4) is 0 Å². The lowest BCUT2D eigenvalue weighted by atomic mass is 10.3. The van der Waals surface area contributed by atoms with Crippen molar-refractivity contribution in [2.24, 2.45) is 0 Å². The highest BCUT2D eigenvalue weighted by molar-refractivity contribution is 7.89. The summed E-state index contributed by atoms with van der Waals surface area (Å²) >= 11 is 0.885. The van der Waals surface area contributed by atoms with E-state index >= 15 is 0 Å². The Labute approximate surface area is 120 Å². The van der Waals surface area contributed by atoms with Gasteiger partial charge >= 0.3 is 5.97 Å². The minimum Gasteiger partial charge on any atom is -0.477 e. The third kappa shape index (κ3) is 2.59.